The summed E-state index contributed by atoms with van der Waals surface area (Å²) in [6.07, 6.45) is 1.38. The van der Waals surface area contributed by atoms with Crippen molar-refractivity contribution in [1.82, 2.24) is 5.32 Å². The van der Waals surface area contributed by atoms with Gasteiger partial charge < -0.3 is 4.74 Å². The summed E-state index contributed by atoms with van der Waals surface area (Å²) in [6.45, 7) is 1.99. The van der Waals surface area contributed by atoms with Gasteiger partial charge in [-0.2, -0.15) is 0 Å². The van der Waals surface area contributed by atoms with Gasteiger partial charge in [0.15, 0.2) is 0 Å². The van der Waals surface area contributed by atoms with Gasteiger partial charge in [-0.25, -0.2) is 9.69 Å². The van der Waals surface area contributed by atoms with Crippen molar-refractivity contribution in [3.8, 4) is 5.75 Å². The van der Waals surface area contributed by atoms with E-state index in [4.69, 9.17) is 27.9 Å². The van der Waals surface area contributed by atoms with E-state index in [1.807, 2.05) is 42.5 Å². The van der Waals surface area contributed by atoms with Crippen LogP contribution in [0.5, 0.6) is 5.75 Å². The molecule has 184 valence electrons. The van der Waals surface area contributed by atoms with Gasteiger partial charge in [0.05, 0.1) is 5.69 Å². The predicted molar refractivity (Wildman–Crippen MR) is 145 cm³/mol. The van der Waals surface area contributed by atoms with Crippen LogP contribution in [0.15, 0.2) is 84.4 Å². The number of barbiturate groups is 1. The van der Waals surface area contributed by atoms with Gasteiger partial charge in [0, 0.05) is 15.6 Å². The number of nitrogens with zero attached hydrogens (tertiary/aromatic N) is 1. The molecule has 0 aromatic heterocycles. The number of anilines is 1. The molecule has 1 fully saturated rings. The number of imide groups is 2. The standard InChI is InChI=1S/C29H20Cl2N2O4/c1-17-9-10-22(31)15-25(17)33-28(35)24(27(34)32-29(33)36)14-20-13-21(30)11-12-26(20)37-16-19-7-4-6-18-5-2-3-8-23(18)19/h2-15H,16H2,1H3,(H,32,34,36)/b24-14+. The van der Waals surface area contributed by atoms with Gasteiger partial charge in [-0.1, -0.05) is 71.7 Å². The van der Waals surface area contributed by atoms with Crippen molar-refractivity contribution < 1.29 is 19.1 Å². The number of rotatable bonds is 5. The number of fused-ring (bicyclic) bond motifs is 1. The van der Waals surface area contributed by atoms with Gasteiger partial charge in [0.25, 0.3) is 11.8 Å². The number of amides is 4. The zero-order chi connectivity index (χ0) is 26.1. The van der Waals surface area contributed by atoms with Gasteiger partial charge in [-0.05, 0) is 65.2 Å². The highest BCUT2D eigenvalue weighted by Crippen LogP contribution is 2.31. The first kappa shape index (κ1) is 24.6. The highest BCUT2D eigenvalue weighted by atomic mass is 35.5. The molecule has 1 aliphatic heterocycles. The summed E-state index contributed by atoms with van der Waals surface area (Å²) in [5.41, 5.74) is 2.08. The topological polar surface area (TPSA) is 75.7 Å². The second-order valence-electron chi connectivity index (χ2n) is 8.50. The molecule has 4 aromatic carbocycles. The van der Waals surface area contributed by atoms with Gasteiger partial charge >= 0.3 is 6.03 Å². The number of hydrogen-bond donors (Lipinski definition) is 1. The van der Waals surface area contributed by atoms with E-state index in [2.05, 4.69) is 5.32 Å². The van der Waals surface area contributed by atoms with Crippen molar-refractivity contribution in [3.63, 3.8) is 0 Å². The molecule has 5 rings (SSSR count). The first-order valence-corrected chi connectivity index (χ1v) is 12.1. The van der Waals surface area contributed by atoms with Gasteiger partial charge in [0.1, 0.15) is 17.9 Å². The Kier molecular flexibility index (Phi) is 6.70. The van der Waals surface area contributed by atoms with E-state index >= 15 is 0 Å². The molecule has 0 bridgehead atoms. The molecular weight excluding hydrogens is 511 g/mol. The first-order chi connectivity index (χ1) is 17.8. The molecule has 0 radical (unpaired) electrons. The van der Waals surface area contributed by atoms with Crippen LogP contribution in [0, 0.1) is 6.92 Å². The van der Waals surface area contributed by atoms with Gasteiger partial charge in [0.2, 0.25) is 0 Å². The molecule has 0 saturated carbocycles. The summed E-state index contributed by atoms with van der Waals surface area (Å²) in [6, 6.07) is 22.9. The van der Waals surface area contributed by atoms with E-state index in [1.165, 1.54) is 12.1 Å². The Balaban J connectivity index is 1.50. The first-order valence-electron chi connectivity index (χ1n) is 11.4. The van der Waals surface area contributed by atoms with E-state index in [0.29, 0.717) is 26.9 Å². The normalized spacial score (nSPS) is 14.8. The number of nitrogens with one attached hydrogen (secondary N) is 1. The van der Waals surface area contributed by atoms with Crippen molar-refractivity contribution in [3.05, 3.63) is 111 Å². The second-order valence-corrected chi connectivity index (χ2v) is 9.37. The molecule has 0 atom stereocenters. The van der Waals surface area contributed by atoms with Crippen molar-refractivity contribution in [2.24, 2.45) is 0 Å². The van der Waals surface area contributed by atoms with Crippen LogP contribution >= 0.6 is 23.2 Å². The average molecular weight is 531 g/mol. The zero-order valence-electron chi connectivity index (χ0n) is 19.6. The van der Waals surface area contributed by atoms with Crippen LogP contribution in [-0.2, 0) is 16.2 Å². The zero-order valence-corrected chi connectivity index (χ0v) is 21.1. The maximum atomic E-state index is 13.4. The molecule has 0 spiro atoms. The van der Waals surface area contributed by atoms with Crippen LogP contribution in [0.3, 0.4) is 0 Å². The minimum Gasteiger partial charge on any atom is -0.488 e. The van der Waals surface area contributed by atoms with E-state index in [0.717, 1.165) is 21.2 Å². The molecule has 0 unspecified atom stereocenters. The molecule has 0 aliphatic carbocycles. The minimum absolute atomic E-state index is 0.240. The van der Waals surface area contributed by atoms with Crippen molar-refractivity contribution >= 4 is 63.6 Å². The summed E-state index contributed by atoms with van der Waals surface area (Å²) >= 11 is 12.3. The summed E-state index contributed by atoms with van der Waals surface area (Å²) in [5, 5.41) is 5.13. The Morgan fingerprint density at radius 2 is 1.62 bits per heavy atom. The maximum Gasteiger partial charge on any atom is 0.335 e. The third-order valence-corrected chi connectivity index (χ3v) is 6.52. The summed E-state index contributed by atoms with van der Waals surface area (Å²) in [4.78, 5) is 39.6. The highest BCUT2D eigenvalue weighted by Gasteiger charge is 2.37. The summed E-state index contributed by atoms with van der Waals surface area (Å²) in [5.74, 6) is -1.17. The van der Waals surface area contributed by atoms with E-state index in [1.54, 1.807) is 37.3 Å². The molecule has 4 amide bonds. The maximum absolute atomic E-state index is 13.4. The lowest BCUT2D eigenvalue weighted by molar-refractivity contribution is -0.122. The Labute approximate surface area is 223 Å². The Hall–Kier alpha value is -4.13. The van der Waals surface area contributed by atoms with Crippen LogP contribution in [0.4, 0.5) is 10.5 Å². The molecular formula is C29H20Cl2N2O4. The highest BCUT2D eigenvalue weighted by molar-refractivity contribution is 6.40. The lowest BCUT2D eigenvalue weighted by Gasteiger charge is -2.27. The Morgan fingerprint density at radius 1 is 0.892 bits per heavy atom. The SMILES string of the molecule is Cc1ccc(Cl)cc1N1C(=O)NC(=O)/C(=C\c2cc(Cl)ccc2OCc2cccc3ccccc23)C1=O. The fourth-order valence-corrected chi connectivity index (χ4v) is 4.54. The number of benzene rings is 4. The third-order valence-electron chi connectivity index (χ3n) is 6.05. The molecule has 1 saturated heterocycles. The summed E-state index contributed by atoms with van der Waals surface area (Å²) < 4.78 is 6.12. The Bertz CT molecular complexity index is 1610. The molecule has 6 nitrogen and oxygen atoms in total. The average Bonchev–Trinajstić information content (AvgIpc) is 2.88. The number of hydrogen-bond acceptors (Lipinski definition) is 4. The molecule has 1 N–H and O–H groups in total. The number of carbonyl (C=O) groups excluding carboxylic acids is 3. The van der Waals surface area contributed by atoms with E-state index in [9.17, 15) is 14.4 Å². The molecule has 1 aliphatic rings. The second kappa shape index (κ2) is 10.1. The largest absolute Gasteiger partial charge is 0.488 e. The monoisotopic (exact) mass is 530 g/mol. The van der Waals surface area contributed by atoms with Crippen LogP contribution in [-0.4, -0.2) is 17.8 Å². The lowest BCUT2D eigenvalue weighted by Crippen LogP contribution is -2.54. The number of urea groups is 1. The number of ether oxygens (including phenoxy) is 1. The third kappa shape index (κ3) is 4.94. The van der Waals surface area contributed by atoms with E-state index < -0.39 is 17.8 Å². The van der Waals surface area contributed by atoms with Crippen molar-refractivity contribution in [2.45, 2.75) is 13.5 Å². The molecule has 1 heterocycles. The van der Waals surface area contributed by atoms with Gasteiger partial charge in [-0.3, -0.25) is 14.9 Å². The molecule has 4 aromatic rings. The molecule has 8 heteroatoms. The van der Waals surface area contributed by atoms with Crippen LogP contribution < -0.4 is 15.0 Å². The van der Waals surface area contributed by atoms with Gasteiger partial charge in [-0.15, -0.1) is 0 Å². The smallest absolute Gasteiger partial charge is 0.335 e. The summed E-state index contributed by atoms with van der Waals surface area (Å²) in [7, 11) is 0. The minimum atomic E-state index is -0.851. The number of aryl methyl sites for hydroxylation is 1. The number of carbonyl (C=O) groups is 3. The van der Waals surface area contributed by atoms with Crippen LogP contribution in [0.25, 0.3) is 16.8 Å². The lowest BCUT2D eigenvalue weighted by atomic mass is 10.0. The number of halogens is 2. The quantitative estimate of drug-likeness (QED) is 0.230. The van der Waals surface area contributed by atoms with Crippen LogP contribution in [0.1, 0.15) is 16.7 Å². The fraction of sp³-hybridized carbons (Fsp3) is 0.0690. The van der Waals surface area contributed by atoms with Crippen LogP contribution in [0.2, 0.25) is 10.0 Å². The molecule has 37 heavy (non-hydrogen) atoms. The Morgan fingerprint density at radius 3 is 2.46 bits per heavy atom. The van der Waals surface area contributed by atoms with Crippen molar-refractivity contribution in [1.29, 1.82) is 0 Å². The fourth-order valence-electron chi connectivity index (χ4n) is 4.19. The predicted octanol–water partition coefficient (Wildman–Crippen LogP) is 6.70. The van der Waals surface area contributed by atoms with E-state index in [-0.39, 0.29) is 17.9 Å². The van der Waals surface area contributed by atoms with Crippen molar-refractivity contribution in [2.75, 3.05) is 4.90 Å².